The van der Waals surface area contributed by atoms with Crippen LogP contribution >= 0.6 is 0 Å². The number of esters is 1. The molecule has 4 rings (SSSR count). The van der Waals surface area contributed by atoms with E-state index in [1.54, 1.807) is 24.3 Å². The van der Waals surface area contributed by atoms with Crippen molar-refractivity contribution in [2.75, 3.05) is 7.11 Å². The first-order valence-corrected chi connectivity index (χ1v) is 9.72. The number of methoxy groups -OCH3 is 1. The number of fused-ring (bicyclic) bond motifs is 1. The van der Waals surface area contributed by atoms with E-state index in [0.29, 0.717) is 18.5 Å². The monoisotopic (exact) mass is 399 g/mol. The number of benzene rings is 2. The molecule has 152 valence electrons. The lowest BCUT2D eigenvalue weighted by molar-refractivity contribution is -0.148. The average molecular weight is 399 g/mol. The Kier molecular flexibility index (Phi) is 4.81. The predicted octanol–water partition coefficient (Wildman–Crippen LogP) is 5.40. The molecule has 1 heterocycles. The molecular formula is C23H23F2NO3. The van der Waals surface area contributed by atoms with Gasteiger partial charge >= 0.3 is 5.97 Å². The van der Waals surface area contributed by atoms with E-state index in [4.69, 9.17) is 4.74 Å². The van der Waals surface area contributed by atoms with Gasteiger partial charge in [0, 0.05) is 22.8 Å². The summed E-state index contributed by atoms with van der Waals surface area (Å²) in [5.41, 5.74) is 3.37. The van der Waals surface area contributed by atoms with Gasteiger partial charge in [0.25, 0.3) is 0 Å². The average Bonchev–Trinajstić information content (AvgIpc) is 2.97. The summed E-state index contributed by atoms with van der Waals surface area (Å²) in [6.07, 6.45) is 1.33. The summed E-state index contributed by atoms with van der Waals surface area (Å²) in [5, 5.41) is 11.0. The number of phenols is 1. The van der Waals surface area contributed by atoms with Crippen molar-refractivity contribution in [2.45, 2.75) is 38.5 Å². The Bertz CT molecular complexity index is 1100. The topological polar surface area (TPSA) is 51.5 Å². The fourth-order valence-corrected chi connectivity index (χ4v) is 4.44. The fourth-order valence-electron chi connectivity index (χ4n) is 4.44. The van der Waals surface area contributed by atoms with Crippen LogP contribution in [0.1, 0.15) is 49.8 Å². The van der Waals surface area contributed by atoms with Gasteiger partial charge in [0.2, 0.25) is 0 Å². The zero-order valence-electron chi connectivity index (χ0n) is 16.6. The molecule has 1 saturated carbocycles. The molecule has 1 N–H and O–H groups in total. The van der Waals surface area contributed by atoms with Crippen LogP contribution in [0, 0.1) is 17.6 Å². The third-order valence-corrected chi connectivity index (χ3v) is 5.82. The van der Waals surface area contributed by atoms with Crippen molar-refractivity contribution in [2.24, 2.45) is 5.92 Å². The highest BCUT2D eigenvalue weighted by Gasteiger charge is 2.39. The Hall–Kier alpha value is -2.89. The molecule has 0 unspecified atom stereocenters. The number of rotatable bonds is 4. The summed E-state index contributed by atoms with van der Waals surface area (Å²) in [4.78, 5) is 11.9. The molecule has 0 amide bonds. The Morgan fingerprint density at radius 3 is 2.48 bits per heavy atom. The first kappa shape index (κ1) is 19.4. The molecule has 0 spiro atoms. The molecule has 1 aliphatic carbocycles. The summed E-state index contributed by atoms with van der Waals surface area (Å²) >= 11 is 0. The molecule has 6 heteroatoms. The third kappa shape index (κ3) is 3.16. The smallest absolute Gasteiger partial charge is 0.308 e. The molecule has 0 bridgehead atoms. The summed E-state index contributed by atoms with van der Waals surface area (Å²) < 4.78 is 34.3. The number of carbonyl (C=O) groups is 1. The van der Waals surface area contributed by atoms with Crippen molar-refractivity contribution in [3.05, 3.63) is 59.3 Å². The summed E-state index contributed by atoms with van der Waals surface area (Å²) in [6.45, 7) is 4.09. The molecule has 2 aromatic carbocycles. The Morgan fingerprint density at radius 2 is 1.86 bits per heavy atom. The molecule has 1 fully saturated rings. The van der Waals surface area contributed by atoms with Crippen LogP contribution < -0.4 is 0 Å². The second kappa shape index (κ2) is 7.17. The molecule has 1 aromatic heterocycles. The maximum absolute atomic E-state index is 14.0. The van der Waals surface area contributed by atoms with Crippen molar-refractivity contribution in [3.8, 4) is 11.4 Å². The fraction of sp³-hybridized carbons (Fsp3) is 0.348. The van der Waals surface area contributed by atoms with Crippen LogP contribution in [-0.4, -0.2) is 22.8 Å². The van der Waals surface area contributed by atoms with E-state index in [9.17, 15) is 18.7 Å². The molecule has 29 heavy (non-hydrogen) atoms. The predicted molar refractivity (Wildman–Crippen MR) is 106 cm³/mol. The van der Waals surface area contributed by atoms with Crippen LogP contribution in [0.2, 0.25) is 0 Å². The zero-order chi connectivity index (χ0) is 20.9. The van der Waals surface area contributed by atoms with Crippen LogP contribution in [0.15, 0.2) is 36.4 Å². The van der Waals surface area contributed by atoms with Gasteiger partial charge in [-0.2, -0.15) is 0 Å². The van der Waals surface area contributed by atoms with E-state index >= 15 is 0 Å². The van der Waals surface area contributed by atoms with E-state index < -0.39 is 11.6 Å². The van der Waals surface area contributed by atoms with Gasteiger partial charge in [-0.1, -0.05) is 13.8 Å². The molecule has 0 atom stereocenters. The van der Waals surface area contributed by atoms with Gasteiger partial charge in [0.1, 0.15) is 5.75 Å². The molecule has 0 radical (unpaired) electrons. The van der Waals surface area contributed by atoms with Gasteiger partial charge in [-0.25, -0.2) is 8.78 Å². The van der Waals surface area contributed by atoms with Gasteiger partial charge in [0.15, 0.2) is 11.6 Å². The van der Waals surface area contributed by atoms with Gasteiger partial charge in [-0.15, -0.1) is 0 Å². The van der Waals surface area contributed by atoms with E-state index in [0.717, 1.165) is 28.2 Å². The number of ether oxygens (including phenoxy) is 1. The Morgan fingerprint density at radius 1 is 1.14 bits per heavy atom. The molecule has 4 nitrogen and oxygen atoms in total. The largest absolute Gasteiger partial charge is 0.508 e. The number of carbonyl (C=O) groups excluding carboxylic acids is 1. The van der Waals surface area contributed by atoms with Crippen molar-refractivity contribution in [1.82, 2.24) is 4.57 Å². The highest BCUT2D eigenvalue weighted by atomic mass is 19.2. The number of phenolic OH excluding ortho intramolecular Hbond substituents is 1. The highest BCUT2D eigenvalue weighted by Crippen LogP contribution is 2.49. The van der Waals surface area contributed by atoms with Gasteiger partial charge < -0.3 is 14.4 Å². The van der Waals surface area contributed by atoms with E-state index in [-0.39, 0.29) is 29.5 Å². The van der Waals surface area contributed by atoms with Crippen LogP contribution in [0.4, 0.5) is 8.78 Å². The lowest BCUT2D eigenvalue weighted by atomic mass is 9.70. The second-order valence-electron chi connectivity index (χ2n) is 7.98. The summed E-state index contributed by atoms with van der Waals surface area (Å²) in [7, 11) is 1.39. The molecular weight excluding hydrogens is 376 g/mol. The van der Waals surface area contributed by atoms with Crippen LogP contribution in [-0.2, 0) is 9.53 Å². The van der Waals surface area contributed by atoms with Gasteiger partial charge in [-0.3, -0.25) is 4.79 Å². The number of hydrogen-bond donors (Lipinski definition) is 1. The Labute approximate surface area is 167 Å². The van der Waals surface area contributed by atoms with Gasteiger partial charge in [0.05, 0.1) is 18.5 Å². The third-order valence-electron chi connectivity index (χ3n) is 5.82. The van der Waals surface area contributed by atoms with Crippen molar-refractivity contribution < 1.29 is 23.4 Å². The second-order valence-corrected chi connectivity index (χ2v) is 7.98. The number of aromatic nitrogens is 1. The molecule has 3 aromatic rings. The van der Waals surface area contributed by atoms with Crippen LogP contribution in [0.3, 0.4) is 0 Å². The summed E-state index contributed by atoms with van der Waals surface area (Å²) in [6, 6.07) is 8.95. The lowest BCUT2D eigenvalue weighted by Crippen LogP contribution is -2.30. The summed E-state index contributed by atoms with van der Waals surface area (Å²) in [5.74, 6) is -1.79. The van der Waals surface area contributed by atoms with Crippen molar-refractivity contribution >= 4 is 16.9 Å². The quantitative estimate of drug-likeness (QED) is 0.597. The molecule has 0 aliphatic heterocycles. The number of hydrogen-bond acceptors (Lipinski definition) is 3. The van der Waals surface area contributed by atoms with E-state index in [1.165, 1.54) is 13.2 Å². The first-order chi connectivity index (χ1) is 13.8. The number of halogens is 2. The minimum absolute atomic E-state index is 0.0878. The minimum atomic E-state index is -0.909. The van der Waals surface area contributed by atoms with E-state index in [1.807, 2.05) is 18.4 Å². The van der Waals surface area contributed by atoms with Crippen LogP contribution in [0.5, 0.6) is 5.75 Å². The molecule has 1 aliphatic rings. The van der Waals surface area contributed by atoms with Crippen molar-refractivity contribution in [1.29, 1.82) is 0 Å². The zero-order valence-corrected chi connectivity index (χ0v) is 16.6. The number of nitrogens with zero attached hydrogens (tertiary/aromatic N) is 1. The van der Waals surface area contributed by atoms with E-state index in [2.05, 4.69) is 0 Å². The highest BCUT2D eigenvalue weighted by molar-refractivity contribution is 5.90. The standard InChI is InChI=1S/C23H23F2NO3/c1-12(2)22-21(13-8-14(9-13)23(28)29-3)17-11-16(27)5-7-20(17)26(22)15-4-6-18(24)19(25)10-15/h4-7,10-14,27H,8-9H2,1-3H3. The first-order valence-electron chi connectivity index (χ1n) is 9.72. The SMILES string of the molecule is COC(=O)C1CC(c2c(C(C)C)n(-c3ccc(F)c(F)c3)c3ccc(O)cc23)C1. The van der Waals surface area contributed by atoms with Crippen molar-refractivity contribution in [3.63, 3.8) is 0 Å². The maximum atomic E-state index is 14.0. The van der Waals surface area contributed by atoms with Gasteiger partial charge in [-0.05, 0) is 60.6 Å². The lowest BCUT2D eigenvalue weighted by Gasteiger charge is -2.34. The Balaban J connectivity index is 1.93. The number of aromatic hydroxyl groups is 1. The molecule has 0 saturated heterocycles. The minimum Gasteiger partial charge on any atom is -0.508 e. The maximum Gasteiger partial charge on any atom is 0.308 e. The van der Waals surface area contributed by atoms with Crippen LogP contribution in [0.25, 0.3) is 16.6 Å². The normalized spacial score (nSPS) is 18.8.